The Kier molecular flexibility index (Phi) is 5.35. The number of rotatable bonds is 5. The maximum Gasteiger partial charge on any atom is 0.243 e. The number of benzene rings is 1. The second-order valence-electron chi connectivity index (χ2n) is 5.15. The van der Waals surface area contributed by atoms with E-state index in [0.717, 1.165) is 18.5 Å². The molecule has 1 amide bonds. The summed E-state index contributed by atoms with van der Waals surface area (Å²) in [6, 6.07) is 7.62. The van der Waals surface area contributed by atoms with E-state index in [4.69, 9.17) is 5.73 Å². The summed E-state index contributed by atoms with van der Waals surface area (Å²) in [7, 11) is 1.78. The Morgan fingerprint density at radius 1 is 1.28 bits per heavy atom. The fraction of sp³-hybridized carbons (Fsp3) is 0.533. The smallest absolute Gasteiger partial charge is 0.243 e. The topological polar surface area (TPSA) is 46.3 Å². The van der Waals surface area contributed by atoms with Crippen LogP contribution in [0.4, 0.5) is 5.69 Å². The quantitative estimate of drug-likeness (QED) is 0.870. The van der Waals surface area contributed by atoms with E-state index in [9.17, 15) is 4.79 Å². The molecule has 3 nitrogen and oxygen atoms in total. The van der Waals surface area contributed by atoms with Crippen LogP contribution < -0.4 is 10.6 Å². The zero-order valence-corrected chi connectivity index (χ0v) is 11.8. The summed E-state index contributed by atoms with van der Waals surface area (Å²) < 4.78 is 0. The van der Waals surface area contributed by atoms with Gasteiger partial charge in [-0.25, -0.2) is 0 Å². The predicted octanol–water partition coefficient (Wildman–Crippen LogP) is 2.59. The van der Waals surface area contributed by atoms with E-state index in [1.807, 2.05) is 24.3 Å². The number of nitrogens with zero attached hydrogens (tertiary/aromatic N) is 1. The van der Waals surface area contributed by atoms with E-state index in [1.54, 1.807) is 11.9 Å². The third-order valence-corrected chi connectivity index (χ3v) is 3.11. The number of likely N-dealkylation sites (N-methyl/N-ethyl adjacent to an activating group) is 1. The Bertz CT molecular complexity index is 384. The Balaban J connectivity index is 2.73. The predicted molar refractivity (Wildman–Crippen MR) is 76.7 cm³/mol. The number of hydrogen-bond acceptors (Lipinski definition) is 2. The van der Waals surface area contributed by atoms with E-state index >= 15 is 0 Å². The van der Waals surface area contributed by atoms with Crippen LogP contribution in [0, 0.1) is 5.92 Å². The van der Waals surface area contributed by atoms with Crippen molar-refractivity contribution in [3.63, 3.8) is 0 Å². The molecule has 1 aromatic rings. The van der Waals surface area contributed by atoms with Crippen molar-refractivity contribution in [2.75, 3.05) is 11.9 Å². The molecular formula is C15H24N2O. The van der Waals surface area contributed by atoms with Crippen molar-refractivity contribution in [2.24, 2.45) is 11.7 Å². The van der Waals surface area contributed by atoms with Gasteiger partial charge in [-0.05, 0) is 36.5 Å². The van der Waals surface area contributed by atoms with Gasteiger partial charge in [-0.1, -0.05) is 32.9 Å². The number of carbonyl (C=O) groups is 1. The summed E-state index contributed by atoms with van der Waals surface area (Å²) in [5, 5.41) is 0. The molecule has 3 heteroatoms. The largest absolute Gasteiger partial charge is 0.320 e. The molecule has 18 heavy (non-hydrogen) atoms. The minimum Gasteiger partial charge on any atom is -0.320 e. The highest BCUT2D eigenvalue weighted by molar-refractivity contribution is 5.96. The van der Waals surface area contributed by atoms with Crippen molar-refractivity contribution < 1.29 is 4.79 Å². The fourth-order valence-electron chi connectivity index (χ4n) is 1.94. The molecule has 2 N–H and O–H groups in total. The first-order chi connectivity index (χ1) is 8.45. The molecule has 0 saturated carbocycles. The molecule has 0 aliphatic heterocycles. The lowest BCUT2D eigenvalue weighted by Gasteiger charge is -2.22. The Hall–Kier alpha value is -1.35. The highest BCUT2D eigenvalue weighted by Gasteiger charge is 2.19. The van der Waals surface area contributed by atoms with Crippen LogP contribution in [0.15, 0.2) is 24.3 Å². The lowest BCUT2D eigenvalue weighted by molar-refractivity contribution is -0.119. The van der Waals surface area contributed by atoms with Gasteiger partial charge in [0.2, 0.25) is 5.91 Å². The van der Waals surface area contributed by atoms with Gasteiger partial charge in [-0.15, -0.1) is 0 Å². The van der Waals surface area contributed by atoms with Gasteiger partial charge in [-0.3, -0.25) is 4.79 Å². The first-order valence-electron chi connectivity index (χ1n) is 6.57. The standard InChI is InChI=1S/C15H24N2O/c1-5-12-6-8-13(9-7-12)17(4)15(18)14(16)10-11(2)3/h6-9,11,14H,5,10,16H2,1-4H3/t14-/m0/s1. The molecule has 0 aromatic heterocycles. The maximum absolute atomic E-state index is 12.1. The van der Waals surface area contributed by atoms with Crippen molar-refractivity contribution in [3.05, 3.63) is 29.8 Å². The van der Waals surface area contributed by atoms with Gasteiger partial charge in [0.15, 0.2) is 0 Å². The summed E-state index contributed by atoms with van der Waals surface area (Å²) in [4.78, 5) is 13.8. The van der Waals surface area contributed by atoms with Crippen LogP contribution in [-0.4, -0.2) is 19.0 Å². The number of amides is 1. The van der Waals surface area contributed by atoms with E-state index in [1.165, 1.54) is 5.56 Å². The van der Waals surface area contributed by atoms with Crippen LogP contribution in [0.2, 0.25) is 0 Å². The second-order valence-corrected chi connectivity index (χ2v) is 5.15. The molecule has 0 aliphatic rings. The molecule has 0 aliphatic carbocycles. The average Bonchev–Trinajstić information content (AvgIpc) is 2.36. The monoisotopic (exact) mass is 248 g/mol. The van der Waals surface area contributed by atoms with Gasteiger partial charge in [0.05, 0.1) is 6.04 Å². The van der Waals surface area contributed by atoms with Crippen LogP contribution in [0.5, 0.6) is 0 Å². The van der Waals surface area contributed by atoms with E-state index in [-0.39, 0.29) is 5.91 Å². The van der Waals surface area contributed by atoms with Crippen molar-refractivity contribution in [3.8, 4) is 0 Å². The summed E-state index contributed by atoms with van der Waals surface area (Å²) in [5.74, 6) is 0.410. The molecule has 0 unspecified atom stereocenters. The first-order valence-corrected chi connectivity index (χ1v) is 6.57. The second kappa shape index (κ2) is 6.55. The first kappa shape index (κ1) is 14.7. The minimum absolute atomic E-state index is 0.0204. The Morgan fingerprint density at radius 2 is 1.83 bits per heavy atom. The molecule has 0 radical (unpaired) electrons. The van der Waals surface area contributed by atoms with Gasteiger partial charge in [0, 0.05) is 12.7 Å². The van der Waals surface area contributed by atoms with E-state index in [2.05, 4.69) is 20.8 Å². The maximum atomic E-state index is 12.1. The molecule has 0 heterocycles. The third-order valence-electron chi connectivity index (χ3n) is 3.11. The summed E-state index contributed by atoms with van der Waals surface area (Å²) >= 11 is 0. The fourth-order valence-corrected chi connectivity index (χ4v) is 1.94. The third kappa shape index (κ3) is 3.84. The normalized spacial score (nSPS) is 12.6. The van der Waals surface area contributed by atoms with Crippen molar-refractivity contribution >= 4 is 11.6 Å². The summed E-state index contributed by atoms with van der Waals surface area (Å²) in [6.07, 6.45) is 1.72. The lowest BCUT2D eigenvalue weighted by Crippen LogP contribution is -2.42. The van der Waals surface area contributed by atoms with Crippen molar-refractivity contribution in [1.82, 2.24) is 0 Å². The number of aryl methyl sites for hydroxylation is 1. The molecule has 1 atom stereocenters. The van der Waals surface area contributed by atoms with Gasteiger partial charge in [0.1, 0.15) is 0 Å². The van der Waals surface area contributed by atoms with E-state index in [0.29, 0.717) is 5.92 Å². The van der Waals surface area contributed by atoms with Gasteiger partial charge in [-0.2, -0.15) is 0 Å². The molecule has 0 bridgehead atoms. The Morgan fingerprint density at radius 3 is 2.28 bits per heavy atom. The van der Waals surface area contributed by atoms with Crippen molar-refractivity contribution in [2.45, 2.75) is 39.7 Å². The number of carbonyl (C=O) groups excluding carboxylic acids is 1. The molecule has 0 saturated heterocycles. The average molecular weight is 248 g/mol. The minimum atomic E-state index is -0.416. The van der Waals surface area contributed by atoms with Gasteiger partial charge in [0.25, 0.3) is 0 Å². The molecule has 1 rings (SSSR count). The van der Waals surface area contributed by atoms with Crippen LogP contribution >= 0.6 is 0 Å². The molecule has 0 spiro atoms. The van der Waals surface area contributed by atoms with Crippen LogP contribution in [0.1, 0.15) is 32.8 Å². The lowest BCUT2D eigenvalue weighted by atomic mass is 10.0. The number of hydrogen-bond donors (Lipinski definition) is 1. The van der Waals surface area contributed by atoms with Gasteiger partial charge < -0.3 is 10.6 Å². The molecule has 100 valence electrons. The van der Waals surface area contributed by atoms with Gasteiger partial charge >= 0.3 is 0 Å². The highest BCUT2D eigenvalue weighted by atomic mass is 16.2. The zero-order chi connectivity index (χ0) is 13.7. The number of anilines is 1. The molecule has 1 aromatic carbocycles. The highest BCUT2D eigenvalue weighted by Crippen LogP contribution is 2.16. The number of nitrogens with two attached hydrogens (primary N) is 1. The van der Waals surface area contributed by atoms with Crippen LogP contribution in [0.25, 0.3) is 0 Å². The SMILES string of the molecule is CCc1ccc(N(C)C(=O)[C@@H](N)CC(C)C)cc1. The van der Waals surface area contributed by atoms with Crippen LogP contribution in [0.3, 0.4) is 0 Å². The van der Waals surface area contributed by atoms with E-state index < -0.39 is 6.04 Å². The van der Waals surface area contributed by atoms with Crippen molar-refractivity contribution in [1.29, 1.82) is 0 Å². The summed E-state index contributed by atoms with van der Waals surface area (Å²) in [5.41, 5.74) is 8.09. The van der Waals surface area contributed by atoms with Crippen LogP contribution in [-0.2, 0) is 11.2 Å². The Labute approximate surface area is 110 Å². The summed E-state index contributed by atoms with van der Waals surface area (Å²) in [6.45, 7) is 6.26. The zero-order valence-electron chi connectivity index (χ0n) is 11.8. The molecule has 0 fully saturated rings. The molecular weight excluding hydrogens is 224 g/mol.